The van der Waals surface area contributed by atoms with Gasteiger partial charge in [-0.2, -0.15) is 0 Å². The third kappa shape index (κ3) is 3.96. The molecule has 12 heteroatoms. The molecule has 216 valence electrons. The number of aryl methyl sites for hydroxylation is 1. The zero-order chi connectivity index (χ0) is 30.1. The minimum atomic E-state index is -1.62. The molecule has 0 radical (unpaired) electrons. The van der Waals surface area contributed by atoms with Crippen molar-refractivity contribution >= 4 is 46.4 Å². The van der Waals surface area contributed by atoms with Crippen molar-refractivity contribution in [3.8, 4) is 23.0 Å². The maximum Gasteiger partial charge on any atom is 0.280 e. The van der Waals surface area contributed by atoms with Crippen LogP contribution in [0.1, 0.15) is 61.2 Å². The van der Waals surface area contributed by atoms with Gasteiger partial charge in [-0.1, -0.05) is 29.3 Å². The number of hydrogen-bond donors (Lipinski definition) is 1. The van der Waals surface area contributed by atoms with Crippen LogP contribution in [-0.4, -0.2) is 44.5 Å². The molecule has 2 aliphatic rings. The van der Waals surface area contributed by atoms with Crippen LogP contribution in [0.15, 0.2) is 42.7 Å². The molecule has 2 amide bonds. The van der Waals surface area contributed by atoms with E-state index in [1.165, 1.54) is 11.1 Å². The molecule has 42 heavy (non-hydrogen) atoms. The van der Waals surface area contributed by atoms with Gasteiger partial charge in [0.15, 0.2) is 11.2 Å². The fourth-order valence-corrected chi connectivity index (χ4v) is 6.11. The minimum Gasteiger partial charge on any atom is -0.496 e. The molecule has 4 aromatic rings. The molecule has 0 bridgehead atoms. The van der Waals surface area contributed by atoms with Crippen molar-refractivity contribution in [1.82, 2.24) is 19.5 Å². The highest BCUT2D eigenvalue weighted by Gasteiger charge is 2.64. The normalized spacial score (nSPS) is 17.3. The first kappa shape index (κ1) is 28.0. The molecule has 2 aliphatic heterocycles. The molecule has 0 fully saturated rings. The Labute approximate surface area is 252 Å². The molecule has 3 aromatic heterocycles. The third-order valence-corrected chi connectivity index (χ3v) is 7.83. The van der Waals surface area contributed by atoms with Gasteiger partial charge < -0.3 is 19.4 Å². The molecule has 0 unspecified atom stereocenters. The second kappa shape index (κ2) is 9.99. The number of fused-ring (bicyclic) bond motifs is 4. The zero-order valence-electron chi connectivity index (χ0n) is 23.8. The molecule has 0 saturated carbocycles. The maximum atomic E-state index is 14.5. The van der Waals surface area contributed by atoms with E-state index in [1.54, 1.807) is 50.6 Å². The topological polar surface area (TPSA) is 111 Å². The molecule has 0 saturated heterocycles. The van der Waals surface area contributed by atoms with E-state index >= 15 is 0 Å². The van der Waals surface area contributed by atoms with E-state index in [2.05, 4.69) is 15.3 Å². The number of hydrogen-bond acceptors (Lipinski definition) is 7. The Balaban J connectivity index is 1.68. The number of nitrogens with zero attached hydrogens (tertiary/aromatic N) is 5. The van der Waals surface area contributed by atoms with Crippen molar-refractivity contribution in [3.63, 3.8) is 0 Å². The largest absolute Gasteiger partial charge is 0.496 e. The van der Waals surface area contributed by atoms with Crippen LogP contribution in [0.4, 0.5) is 11.4 Å². The van der Waals surface area contributed by atoms with E-state index in [0.29, 0.717) is 61.4 Å². The first-order chi connectivity index (χ1) is 20.0. The molecule has 0 aliphatic carbocycles. The summed E-state index contributed by atoms with van der Waals surface area (Å²) in [6.07, 6.45) is 3.02. The molecule has 1 N–H and O–H groups in total. The van der Waals surface area contributed by atoms with Crippen LogP contribution >= 0.6 is 23.2 Å². The summed E-state index contributed by atoms with van der Waals surface area (Å²) in [5, 5.41) is 3.73. The highest BCUT2D eigenvalue weighted by molar-refractivity contribution is 6.32. The van der Waals surface area contributed by atoms with Crippen molar-refractivity contribution in [2.75, 3.05) is 17.3 Å². The first-order valence-corrected chi connectivity index (χ1v) is 14.2. The minimum absolute atomic E-state index is 0.0862. The Morgan fingerprint density at radius 1 is 1.00 bits per heavy atom. The van der Waals surface area contributed by atoms with Crippen LogP contribution in [-0.2, 0) is 10.3 Å². The van der Waals surface area contributed by atoms with Gasteiger partial charge in [-0.3, -0.25) is 19.5 Å². The fraction of sp³-hybridized carbons (Fsp3) is 0.300. The number of amides is 2. The third-order valence-electron chi connectivity index (χ3n) is 7.39. The standard InChI is InChI=1S/C30H28Cl2N6O4/c1-14(2)37-26-25(36-27(37)19-13-34-24(42-15(3)4)11-23(19)41-6)28(39)38(22-10-18(32)12-33-16(22)5)30(26)20-8-7-17(31)9-21(20)35-29(30)40/h7-15H,1-6H3,(H,35,40)/t30-/m0/s1. The van der Waals surface area contributed by atoms with Crippen LogP contribution in [0.3, 0.4) is 0 Å². The monoisotopic (exact) mass is 606 g/mol. The predicted octanol–water partition coefficient (Wildman–Crippen LogP) is 6.19. The first-order valence-electron chi connectivity index (χ1n) is 13.4. The second-order valence-corrected chi connectivity index (χ2v) is 11.6. The fourth-order valence-electron chi connectivity index (χ4n) is 5.79. The van der Waals surface area contributed by atoms with E-state index in [1.807, 2.05) is 32.3 Å². The molecule has 6 rings (SSSR count). The summed E-state index contributed by atoms with van der Waals surface area (Å²) in [6.45, 7) is 9.50. The summed E-state index contributed by atoms with van der Waals surface area (Å²) in [5.41, 5.74) is 1.44. The van der Waals surface area contributed by atoms with Crippen LogP contribution < -0.4 is 19.7 Å². The van der Waals surface area contributed by atoms with Gasteiger partial charge in [0.05, 0.1) is 40.9 Å². The van der Waals surface area contributed by atoms with Gasteiger partial charge in [0.1, 0.15) is 11.6 Å². The lowest BCUT2D eigenvalue weighted by Crippen LogP contribution is -2.51. The SMILES string of the molecule is COc1cc(OC(C)C)ncc1-c1nc2c(n1C(C)C)[C@@]1(C(=O)Nc3cc(Cl)ccc31)N(c1cc(Cl)cnc1C)C2=O. The van der Waals surface area contributed by atoms with E-state index in [4.69, 9.17) is 37.7 Å². The summed E-state index contributed by atoms with van der Waals surface area (Å²) in [5.74, 6) is 0.388. The Bertz CT molecular complexity index is 1790. The average Bonchev–Trinajstić information content (AvgIpc) is 3.53. The second-order valence-electron chi connectivity index (χ2n) is 10.7. The lowest BCUT2D eigenvalue weighted by Gasteiger charge is -2.36. The van der Waals surface area contributed by atoms with Gasteiger partial charge in [0.2, 0.25) is 5.88 Å². The summed E-state index contributed by atoms with van der Waals surface area (Å²) >= 11 is 12.7. The number of nitrogens with one attached hydrogen (secondary N) is 1. The quantitative estimate of drug-likeness (QED) is 0.278. The van der Waals surface area contributed by atoms with Gasteiger partial charge in [-0.05, 0) is 52.8 Å². The van der Waals surface area contributed by atoms with Crippen LogP contribution in [0, 0.1) is 6.92 Å². The number of anilines is 2. The molecular formula is C30H28Cl2N6O4. The van der Waals surface area contributed by atoms with Gasteiger partial charge >= 0.3 is 0 Å². The summed E-state index contributed by atoms with van der Waals surface area (Å²) in [7, 11) is 1.54. The lowest BCUT2D eigenvalue weighted by atomic mass is 9.87. The number of benzene rings is 1. The maximum absolute atomic E-state index is 14.5. The Morgan fingerprint density at radius 3 is 2.45 bits per heavy atom. The van der Waals surface area contributed by atoms with E-state index in [9.17, 15) is 9.59 Å². The van der Waals surface area contributed by atoms with E-state index < -0.39 is 17.4 Å². The number of carbonyl (C=O) groups excluding carboxylic acids is 2. The van der Waals surface area contributed by atoms with E-state index in [0.717, 1.165) is 0 Å². The number of pyridine rings is 2. The number of aromatic nitrogens is 4. The summed E-state index contributed by atoms with van der Waals surface area (Å²) < 4.78 is 13.4. The highest BCUT2D eigenvalue weighted by atomic mass is 35.5. The lowest BCUT2D eigenvalue weighted by molar-refractivity contribution is -0.119. The molecule has 1 spiro atoms. The molecule has 10 nitrogen and oxygen atoms in total. The Hall–Kier alpha value is -4.15. The highest BCUT2D eigenvalue weighted by Crippen LogP contribution is 2.55. The number of methoxy groups -OCH3 is 1. The smallest absolute Gasteiger partial charge is 0.280 e. The summed E-state index contributed by atoms with van der Waals surface area (Å²) in [6, 6.07) is 8.21. The molecule has 1 aromatic carbocycles. The van der Waals surface area contributed by atoms with Gasteiger partial charge in [-0.25, -0.2) is 9.97 Å². The number of imidazole rings is 1. The van der Waals surface area contributed by atoms with Gasteiger partial charge in [0, 0.05) is 40.8 Å². The number of carbonyl (C=O) groups is 2. The average molecular weight is 607 g/mol. The number of ether oxygens (including phenoxy) is 2. The van der Waals surface area contributed by atoms with Crippen molar-refractivity contribution in [1.29, 1.82) is 0 Å². The zero-order valence-corrected chi connectivity index (χ0v) is 25.3. The van der Waals surface area contributed by atoms with E-state index in [-0.39, 0.29) is 17.8 Å². The summed E-state index contributed by atoms with van der Waals surface area (Å²) in [4.78, 5) is 44.0. The Kier molecular flexibility index (Phi) is 6.66. The predicted molar refractivity (Wildman–Crippen MR) is 160 cm³/mol. The van der Waals surface area contributed by atoms with Crippen molar-refractivity contribution in [2.45, 2.75) is 52.3 Å². The van der Waals surface area contributed by atoms with Crippen LogP contribution in [0.25, 0.3) is 11.4 Å². The molecule has 5 heterocycles. The molecule has 1 atom stereocenters. The van der Waals surface area contributed by atoms with Crippen LogP contribution in [0.2, 0.25) is 10.0 Å². The number of halogens is 2. The van der Waals surface area contributed by atoms with Gasteiger partial charge in [-0.15, -0.1) is 0 Å². The van der Waals surface area contributed by atoms with Crippen LogP contribution in [0.5, 0.6) is 11.6 Å². The van der Waals surface area contributed by atoms with Crippen molar-refractivity contribution < 1.29 is 19.1 Å². The molecular weight excluding hydrogens is 579 g/mol. The van der Waals surface area contributed by atoms with Crippen molar-refractivity contribution in [2.24, 2.45) is 0 Å². The number of rotatable bonds is 6. The van der Waals surface area contributed by atoms with Crippen molar-refractivity contribution in [3.05, 3.63) is 75.4 Å². The Morgan fingerprint density at radius 2 is 1.76 bits per heavy atom. The van der Waals surface area contributed by atoms with Gasteiger partial charge in [0.25, 0.3) is 11.8 Å².